The predicted molar refractivity (Wildman–Crippen MR) is 88.4 cm³/mol. The van der Waals surface area contributed by atoms with Gasteiger partial charge in [0.25, 0.3) is 0 Å². The highest BCUT2D eigenvalue weighted by Gasteiger charge is 2.28. The third kappa shape index (κ3) is 3.31. The predicted octanol–water partition coefficient (Wildman–Crippen LogP) is 1.24. The molecule has 3 rings (SSSR count). The molecule has 0 amide bonds. The summed E-state index contributed by atoms with van der Waals surface area (Å²) in [5.74, 6) is 0. The van der Waals surface area contributed by atoms with Gasteiger partial charge in [0.05, 0.1) is 11.1 Å². The van der Waals surface area contributed by atoms with Crippen LogP contribution < -0.4 is 0 Å². The minimum Gasteiger partial charge on any atom is -0.296 e. The maximum Gasteiger partial charge on any atom is 0.243 e. The Bertz CT molecular complexity index is 763. The number of rotatable bonds is 4. The van der Waals surface area contributed by atoms with Crippen LogP contribution in [-0.4, -0.2) is 53.6 Å². The van der Waals surface area contributed by atoms with Crippen molar-refractivity contribution in [2.75, 3.05) is 26.2 Å². The number of hydrogen-bond donors (Lipinski definition) is 0. The molecule has 6 nitrogen and oxygen atoms in total. The van der Waals surface area contributed by atoms with Crippen LogP contribution in [0, 0.1) is 6.92 Å². The molecule has 0 spiro atoms. The van der Waals surface area contributed by atoms with E-state index in [-0.39, 0.29) is 0 Å². The van der Waals surface area contributed by atoms with Gasteiger partial charge in [-0.05, 0) is 19.1 Å². The maximum atomic E-state index is 12.6. The SMILES string of the molecule is Cc1c(CN2CCN(S(=O)(=O)c3ccccc3)CC2)cnn1C. The van der Waals surface area contributed by atoms with Crippen LogP contribution in [0.15, 0.2) is 41.4 Å². The molecule has 1 fully saturated rings. The lowest BCUT2D eigenvalue weighted by Crippen LogP contribution is -2.48. The van der Waals surface area contributed by atoms with Crippen molar-refractivity contribution in [3.63, 3.8) is 0 Å². The maximum absolute atomic E-state index is 12.6. The Hall–Kier alpha value is -1.70. The molecular formula is C16H22N4O2S. The highest BCUT2D eigenvalue weighted by molar-refractivity contribution is 7.89. The Morgan fingerprint density at radius 3 is 2.30 bits per heavy atom. The molecule has 0 unspecified atom stereocenters. The summed E-state index contributed by atoms with van der Waals surface area (Å²) in [7, 11) is -1.44. The number of sulfonamides is 1. The molecule has 23 heavy (non-hydrogen) atoms. The fourth-order valence-electron chi connectivity index (χ4n) is 2.81. The summed E-state index contributed by atoms with van der Waals surface area (Å²) in [6.45, 7) is 5.39. The molecule has 124 valence electrons. The molecule has 1 aliphatic heterocycles. The van der Waals surface area contributed by atoms with Crippen molar-refractivity contribution >= 4 is 10.0 Å². The topological polar surface area (TPSA) is 58.4 Å². The lowest BCUT2D eigenvalue weighted by atomic mass is 10.2. The first-order chi connectivity index (χ1) is 11.0. The van der Waals surface area contributed by atoms with Crippen molar-refractivity contribution in [2.24, 2.45) is 7.05 Å². The van der Waals surface area contributed by atoms with Crippen LogP contribution in [-0.2, 0) is 23.6 Å². The highest BCUT2D eigenvalue weighted by atomic mass is 32.2. The van der Waals surface area contributed by atoms with Crippen LogP contribution in [0.1, 0.15) is 11.3 Å². The standard InChI is InChI=1S/C16H22N4O2S/c1-14-15(12-17-18(14)2)13-19-8-10-20(11-9-19)23(21,22)16-6-4-3-5-7-16/h3-7,12H,8-11,13H2,1-2H3. The third-order valence-corrected chi connectivity index (χ3v) is 6.36. The van der Waals surface area contributed by atoms with Gasteiger partial charge in [0.1, 0.15) is 0 Å². The van der Waals surface area contributed by atoms with Crippen LogP contribution in [0.25, 0.3) is 0 Å². The van der Waals surface area contributed by atoms with Gasteiger partial charge in [-0.25, -0.2) is 8.42 Å². The second-order valence-electron chi connectivity index (χ2n) is 5.87. The molecule has 0 radical (unpaired) electrons. The van der Waals surface area contributed by atoms with Crippen LogP contribution in [0.2, 0.25) is 0 Å². The van der Waals surface area contributed by atoms with Crippen molar-refractivity contribution in [3.05, 3.63) is 47.8 Å². The summed E-state index contributed by atoms with van der Waals surface area (Å²) in [5, 5.41) is 4.26. The van der Waals surface area contributed by atoms with Crippen molar-refractivity contribution in [1.29, 1.82) is 0 Å². The van der Waals surface area contributed by atoms with E-state index in [9.17, 15) is 8.42 Å². The van der Waals surface area contributed by atoms with Gasteiger partial charge in [-0.2, -0.15) is 9.40 Å². The zero-order valence-electron chi connectivity index (χ0n) is 13.5. The molecule has 0 aliphatic carbocycles. The molecule has 0 saturated carbocycles. The van der Waals surface area contributed by atoms with Gasteiger partial charge in [-0.3, -0.25) is 9.58 Å². The van der Waals surface area contributed by atoms with Crippen molar-refractivity contribution in [1.82, 2.24) is 19.0 Å². The van der Waals surface area contributed by atoms with Crippen LogP contribution in [0.3, 0.4) is 0 Å². The Labute approximate surface area is 137 Å². The quantitative estimate of drug-likeness (QED) is 0.844. The number of benzene rings is 1. The molecule has 2 aromatic rings. The second kappa shape index (κ2) is 6.43. The lowest BCUT2D eigenvalue weighted by Gasteiger charge is -2.33. The van der Waals surface area contributed by atoms with Gasteiger partial charge in [0, 0.05) is 51.0 Å². The van der Waals surface area contributed by atoms with Gasteiger partial charge in [0.2, 0.25) is 10.0 Å². The summed E-state index contributed by atoms with van der Waals surface area (Å²) in [4.78, 5) is 2.65. The van der Waals surface area contributed by atoms with Crippen LogP contribution in [0.4, 0.5) is 0 Å². The van der Waals surface area contributed by atoms with E-state index in [1.54, 1.807) is 28.6 Å². The minimum atomic E-state index is -3.37. The van der Waals surface area contributed by atoms with Crippen molar-refractivity contribution < 1.29 is 8.42 Å². The Balaban J connectivity index is 1.63. The number of aromatic nitrogens is 2. The average Bonchev–Trinajstić information content (AvgIpc) is 2.88. The first kappa shape index (κ1) is 16.2. The van der Waals surface area contributed by atoms with E-state index < -0.39 is 10.0 Å². The van der Waals surface area contributed by atoms with Crippen LogP contribution >= 0.6 is 0 Å². The van der Waals surface area contributed by atoms with E-state index in [0.717, 1.165) is 25.3 Å². The van der Waals surface area contributed by atoms with E-state index in [2.05, 4.69) is 16.9 Å². The van der Waals surface area contributed by atoms with Gasteiger partial charge in [0.15, 0.2) is 0 Å². The molecule has 1 aliphatic rings. The first-order valence-electron chi connectivity index (χ1n) is 7.73. The van der Waals surface area contributed by atoms with E-state index in [1.165, 1.54) is 5.56 Å². The van der Waals surface area contributed by atoms with Gasteiger partial charge >= 0.3 is 0 Å². The van der Waals surface area contributed by atoms with Crippen molar-refractivity contribution in [3.8, 4) is 0 Å². The Kier molecular flexibility index (Phi) is 4.52. The Morgan fingerprint density at radius 1 is 1.09 bits per heavy atom. The van der Waals surface area contributed by atoms with E-state index >= 15 is 0 Å². The minimum absolute atomic E-state index is 0.372. The summed E-state index contributed by atoms with van der Waals surface area (Å²) < 4.78 is 28.7. The van der Waals surface area contributed by atoms with E-state index in [1.807, 2.05) is 24.0 Å². The number of nitrogens with zero attached hydrogens (tertiary/aromatic N) is 4. The monoisotopic (exact) mass is 334 g/mol. The molecule has 0 N–H and O–H groups in total. The number of hydrogen-bond acceptors (Lipinski definition) is 4. The first-order valence-corrected chi connectivity index (χ1v) is 9.17. The van der Waals surface area contributed by atoms with Crippen molar-refractivity contribution in [2.45, 2.75) is 18.4 Å². The van der Waals surface area contributed by atoms with E-state index in [0.29, 0.717) is 18.0 Å². The summed E-state index contributed by atoms with van der Waals surface area (Å²) >= 11 is 0. The smallest absolute Gasteiger partial charge is 0.243 e. The molecule has 7 heteroatoms. The molecular weight excluding hydrogens is 312 g/mol. The second-order valence-corrected chi connectivity index (χ2v) is 7.81. The van der Waals surface area contributed by atoms with Gasteiger partial charge < -0.3 is 0 Å². The molecule has 1 saturated heterocycles. The van der Waals surface area contributed by atoms with E-state index in [4.69, 9.17) is 0 Å². The van der Waals surface area contributed by atoms with Crippen LogP contribution in [0.5, 0.6) is 0 Å². The third-order valence-electron chi connectivity index (χ3n) is 4.44. The lowest BCUT2D eigenvalue weighted by molar-refractivity contribution is 0.181. The highest BCUT2D eigenvalue weighted by Crippen LogP contribution is 2.18. The normalized spacial score (nSPS) is 17.5. The van der Waals surface area contributed by atoms with Gasteiger partial charge in [-0.1, -0.05) is 18.2 Å². The molecule has 2 heterocycles. The summed E-state index contributed by atoms with van der Waals surface area (Å²) in [6.07, 6.45) is 1.89. The molecule has 0 atom stereocenters. The fraction of sp³-hybridized carbons (Fsp3) is 0.438. The summed E-state index contributed by atoms with van der Waals surface area (Å²) in [6, 6.07) is 8.65. The Morgan fingerprint density at radius 2 is 1.74 bits per heavy atom. The van der Waals surface area contributed by atoms with Gasteiger partial charge in [-0.15, -0.1) is 0 Å². The zero-order valence-corrected chi connectivity index (χ0v) is 14.3. The zero-order chi connectivity index (χ0) is 16.4. The fourth-order valence-corrected chi connectivity index (χ4v) is 4.25. The average molecular weight is 334 g/mol. The largest absolute Gasteiger partial charge is 0.296 e. The number of aryl methyl sites for hydroxylation is 1. The summed E-state index contributed by atoms with van der Waals surface area (Å²) in [5.41, 5.74) is 2.36. The molecule has 1 aromatic heterocycles. The molecule has 0 bridgehead atoms. The number of piperazine rings is 1. The molecule has 1 aromatic carbocycles.